The van der Waals surface area contributed by atoms with Gasteiger partial charge < -0.3 is 5.11 Å². The molecule has 1 N–H and O–H groups in total. The van der Waals surface area contributed by atoms with Crippen LogP contribution >= 0.6 is 0 Å². The predicted molar refractivity (Wildman–Crippen MR) is 47.2 cm³/mol. The molecule has 1 aromatic rings. The van der Waals surface area contributed by atoms with Crippen LogP contribution in [-0.2, 0) is 0 Å². The fraction of sp³-hybridized carbons (Fsp3) is 0.333. The number of aliphatic hydroxyl groups excluding tert-OH is 1. The third-order valence-corrected chi connectivity index (χ3v) is 1.69. The molecule has 0 aromatic heterocycles. The normalized spacial score (nSPS) is 13.0. The van der Waals surface area contributed by atoms with Crippen molar-refractivity contribution in [2.45, 2.75) is 20.0 Å². The van der Waals surface area contributed by atoms with Crippen molar-refractivity contribution in [2.24, 2.45) is 0 Å². The van der Waals surface area contributed by atoms with E-state index in [1.54, 1.807) is 6.92 Å². The number of aryl methyl sites for hydroxylation is 1. The zero-order valence-corrected chi connectivity index (χ0v) is 6.83. The lowest BCUT2D eigenvalue weighted by Crippen LogP contribution is -2.12. The van der Waals surface area contributed by atoms with Gasteiger partial charge in [-0.15, -0.1) is 0 Å². The fourth-order valence-corrected chi connectivity index (χ4v) is 1.07. The van der Waals surface area contributed by atoms with Gasteiger partial charge in [0.2, 0.25) is 0 Å². The van der Waals surface area contributed by atoms with Crippen LogP contribution in [0.1, 0.15) is 24.2 Å². The van der Waals surface area contributed by atoms with Crippen molar-refractivity contribution in [1.82, 2.24) is 0 Å². The Labute approximate surface area is 68.5 Å². The van der Waals surface area contributed by atoms with Crippen molar-refractivity contribution in [2.75, 3.05) is 0 Å². The summed E-state index contributed by atoms with van der Waals surface area (Å²) in [4.78, 5) is 0. The van der Waals surface area contributed by atoms with Gasteiger partial charge >= 0.3 is 0 Å². The molecule has 1 rings (SSSR count). The van der Waals surface area contributed by atoms with Crippen LogP contribution < -0.4 is 5.46 Å². The van der Waals surface area contributed by atoms with Crippen LogP contribution in [0.3, 0.4) is 0 Å². The van der Waals surface area contributed by atoms with E-state index in [9.17, 15) is 5.11 Å². The minimum atomic E-state index is -0.476. The molecule has 0 heterocycles. The van der Waals surface area contributed by atoms with Crippen LogP contribution in [0.2, 0.25) is 0 Å². The molecule has 1 nitrogen and oxygen atoms in total. The van der Waals surface area contributed by atoms with Crippen molar-refractivity contribution in [3.63, 3.8) is 0 Å². The monoisotopic (exact) mass is 146 g/mol. The van der Waals surface area contributed by atoms with E-state index in [-0.39, 0.29) is 0 Å². The number of hydrogen-bond donors (Lipinski definition) is 1. The Morgan fingerprint density at radius 2 is 2.09 bits per heavy atom. The van der Waals surface area contributed by atoms with E-state index < -0.39 is 6.10 Å². The Hall–Kier alpha value is -0.755. The SMILES string of the molecule is [B]c1cc(C)ccc1[C@@H](C)O. The zero-order chi connectivity index (χ0) is 8.43. The highest BCUT2D eigenvalue weighted by Gasteiger charge is 2.02. The number of rotatable bonds is 1. The highest BCUT2D eigenvalue weighted by atomic mass is 16.3. The fourth-order valence-electron chi connectivity index (χ4n) is 1.07. The van der Waals surface area contributed by atoms with E-state index >= 15 is 0 Å². The van der Waals surface area contributed by atoms with Gasteiger partial charge in [0.05, 0.1) is 6.10 Å². The minimum Gasteiger partial charge on any atom is -0.389 e. The highest BCUT2D eigenvalue weighted by molar-refractivity contribution is 6.33. The van der Waals surface area contributed by atoms with Crippen LogP contribution in [0.4, 0.5) is 0 Å². The molecule has 0 amide bonds. The summed E-state index contributed by atoms with van der Waals surface area (Å²) in [7, 11) is 5.66. The molecule has 0 fully saturated rings. The first-order valence-corrected chi connectivity index (χ1v) is 3.65. The van der Waals surface area contributed by atoms with Gasteiger partial charge in [-0.25, -0.2) is 0 Å². The standard InChI is InChI=1S/C9H11BO/c1-6-3-4-8(7(2)11)9(10)5-6/h3-5,7,11H,1-2H3/t7-/m1/s1. The van der Waals surface area contributed by atoms with E-state index in [0.29, 0.717) is 5.46 Å². The minimum absolute atomic E-state index is 0.476. The maximum Gasteiger partial charge on any atom is 0.114 e. The quantitative estimate of drug-likeness (QED) is 0.582. The third kappa shape index (κ3) is 1.84. The van der Waals surface area contributed by atoms with Gasteiger partial charge in [-0.3, -0.25) is 0 Å². The molecule has 1 atom stereocenters. The van der Waals surface area contributed by atoms with Crippen LogP contribution in [0.5, 0.6) is 0 Å². The van der Waals surface area contributed by atoms with E-state index in [1.165, 1.54) is 0 Å². The van der Waals surface area contributed by atoms with Gasteiger partial charge in [-0.2, -0.15) is 0 Å². The molecular formula is C9H11BO. The van der Waals surface area contributed by atoms with E-state index in [2.05, 4.69) is 0 Å². The molecule has 2 radical (unpaired) electrons. The molecule has 11 heavy (non-hydrogen) atoms. The summed E-state index contributed by atoms with van der Waals surface area (Å²) in [5.41, 5.74) is 2.59. The Kier molecular flexibility index (Phi) is 2.35. The second-order valence-corrected chi connectivity index (χ2v) is 2.81. The average molecular weight is 146 g/mol. The molecule has 1 aromatic carbocycles. The summed E-state index contributed by atoms with van der Waals surface area (Å²) in [5.74, 6) is 0. The van der Waals surface area contributed by atoms with Crippen LogP contribution in [0, 0.1) is 6.92 Å². The predicted octanol–water partition coefficient (Wildman–Crippen LogP) is 0.842. The topological polar surface area (TPSA) is 20.2 Å². The second kappa shape index (κ2) is 3.10. The molecule has 0 aliphatic rings. The summed E-state index contributed by atoms with van der Waals surface area (Å²) in [6.45, 7) is 3.68. The lowest BCUT2D eigenvalue weighted by Gasteiger charge is -2.09. The Balaban J connectivity index is 3.09. The van der Waals surface area contributed by atoms with E-state index in [4.69, 9.17) is 7.85 Å². The third-order valence-electron chi connectivity index (χ3n) is 1.69. The van der Waals surface area contributed by atoms with Gasteiger partial charge in [-0.05, 0) is 19.4 Å². The average Bonchev–Trinajstić information content (AvgIpc) is 1.85. The molecule has 0 saturated heterocycles. The smallest absolute Gasteiger partial charge is 0.114 e. The largest absolute Gasteiger partial charge is 0.389 e. The van der Waals surface area contributed by atoms with Crippen molar-refractivity contribution < 1.29 is 5.11 Å². The maximum atomic E-state index is 9.22. The Morgan fingerprint density at radius 1 is 1.45 bits per heavy atom. The zero-order valence-electron chi connectivity index (χ0n) is 6.83. The molecule has 2 heteroatoms. The summed E-state index contributed by atoms with van der Waals surface area (Å²) in [6.07, 6.45) is -0.476. The summed E-state index contributed by atoms with van der Waals surface area (Å²) >= 11 is 0. The Morgan fingerprint density at radius 3 is 2.55 bits per heavy atom. The van der Waals surface area contributed by atoms with Gasteiger partial charge in [0.15, 0.2) is 0 Å². The summed E-state index contributed by atoms with van der Waals surface area (Å²) in [6, 6.07) is 5.66. The van der Waals surface area contributed by atoms with Crippen molar-refractivity contribution in [1.29, 1.82) is 0 Å². The lowest BCUT2D eigenvalue weighted by molar-refractivity contribution is 0.200. The summed E-state index contributed by atoms with van der Waals surface area (Å²) in [5, 5.41) is 9.22. The van der Waals surface area contributed by atoms with Crippen molar-refractivity contribution in [3.05, 3.63) is 29.3 Å². The van der Waals surface area contributed by atoms with E-state index in [0.717, 1.165) is 11.1 Å². The Bertz CT molecular complexity index is 256. The van der Waals surface area contributed by atoms with E-state index in [1.807, 2.05) is 25.1 Å². The van der Waals surface area contributed by atoms with Gasteiger partial charge in [-0.1, -0.05) is 29.2 Å². The summed E-state index contributed by atoms with van der Waals surface area (Å²) < 4.78 is 0. The van der Waals surface area contributed by atoms with Crippen LogP contribution in [-0.4, -0.2) is 13.0 Å². The first kappa shape index (κ1) is 8.34. The van der Waals surface area contributed by atoms with Crippen molar-refractivity contribution >= 4 is 13.3 Å². The van der Waals surface area contributed by atoms with Crippen molar-refractivity contribution in [3.8, 4) is 0 Å². The number of hydrogen-bond acceptors (Lipinski definition) is 1. The molecule has 0 saturated carbocycles. The molecule has 0 bridgehead atoms. The molecule has 0 spiro atoms. The molecule has 0 unspecified atom stereocenters. The molecule has 0 aliphatic heterocycles. The lowest BCUT2D eigenvalue weighted by atomic mass is 9.87. The molecular weight excluding hydrogens is 135 g/mol. The van der Waals surface area contributed by atoms with Gasteiger partial charge in [0.25, 0.3) is 0 Å². The highest BCUT2D eigenvalue weighted by Crippen LogP contribution is 2.08. The van der Waals surface area contributed by atoms with Crippen LogP contribution in [0.15, 0.2) is 18.2 Å². The maximum absolute atomic E-state index is 9.22. The number of aliphatic hydroxyl groups is 1. The molecule has 0 aliphatic carbocycles. The number of benzene rings is 1. The second-order valence-electron chi connectivity index (χ2n) is 2.81. The molecule has 56 valence electrons. The first-order chi connectivity index (χ1) is 5.11. The van der Waals surface area contributed by atoms with Gasteiger partial charge in [0.1, 0.15) is 7.85 Å². The van der Waals surface area contributed by atoms with Crippen LogP contribution in [0.25, 0.3) is 0 Å². The van der Waals surface area contributed by atoms with Gasteiger partial charge in [0, 0.05) is 0 Å². The first-order valence-electron chi connectivity index (χ1n) is 3.65.